The monoisotopic (exact) mass is 419 g/mol. The Bertz CT molecular complexity index is 971. The number of hydrogen-bond acceptors (Lipinski definition) is 5. The Morgan fingerprint density at radius 2 is 1.52 bits per heavy atom. The van der Waals surface area contributed by atoms with Crippen molar-refractivity contribution < 1.29 is 22.6 Å². The summed E-state index contributed by atoms with van der Waals surface area (Å²) in [5, 5.41) is 0. The molecule has 1 aliphatic carbocycles. The van der Waals surface area contributed by atoms with Gasteiger partial charge < -0.3 is 14.2 Å². The van der Waals surface area contributed by atoms with E-state index in [1.807, 2.05) is 19.1 Å². The Labute approximate surface area is 173 Å². The molecule has 7 heteroatoms. The largest absolute Gasteiger partial charge is 0.495 e. The smallest absolute Gasteiger partial charge is 0.244 e. The van der Waals surface area contributed by atoms with Crippen LogP contribution in [0, 0.1) is 0 Å². The maximum atomic E-state index is 13.3. The predicted molar refractivity (Wildman–Crippen MR) is 113 cm³/mol. The second-order valence-corrected chi connectivity index (χ2v) is 8.86. The first-order valence-electron chi connectivity index (χ1n) is 9.87. The summed E-state index contributed by atoms with van der Waals surface area (Å²) < 4.78 is 45.5. The molecule has 0 fully saturated rings. The third-order valence-electron chi connectivity index (χ3n) is 5.43. The van der Waals surface area contributed by atoms with Gasteiger partial charge in [-0.05, 0) is 73.1 Å². The zero-order chi connectivity index (χ0) is 21.0. The van der Waals surface area contributed by atoms with Crippen LogP contribution in [0.3, 0.4) is 0 Å². The molecule has 0 spiro atoms. The van der Waals surface area contributed by atoms with Crippen LogP contribution in [0.1, 0.15) is 48.9 Å². The lowest BCUT2D eigenvalue weighted by Crippen LogP contribution is -2.29. The minimum atomic E-state index is -3.78. The molecule has 29 heavy (non-hydrogen) atoms. The summed E-state index contributed by atoms with van der Waals surface area (Å²) in [6.45, 7) is 1.94. The zero-order valence-electron chi connectivity index (χ0n) is 17.4. The number of benzene rings is 2. The standard InChI is InChI=1S/C22H29NO5S/c1-5-18(17-10-11-19(26-2)20(13-17)27-3)23-29(24,25)22-14-16-9-7-6-8-15(16)12-21(22)28-4/h10-14,18,23H,5-9H2,1-4H3/t18-/m0/s1. The molecule has 0 saturated carbocycles. The zero-order valence-corrected chi connectivity index (χ0v) is 18.3. The third-order valence-corrected chi connectivity index (χ3v) is 6.93. The molecule has 0 radical (unpaired) electrons. The number of rotatable bonds is 8. The number of hydrogen-bond donors (Lipinski definition) is 1. The molecule has 0 amide bonds. The van der Waals surface area contributed by atoms with Crippen molar-refractivity contribution >= 4 is 10.0 Å². The highest BCUT2D eigenvalue weighted by Gasteiger charge is 2.26. The second-order valence-electron chi connectivity index (χ2n) is 7.18. The van der Waals surface area contributed by atoms with Crippen LogP contribution >= 0.6 is 0 Å². The van der Waals surface area contributed by atoms with E-state index in [2.05, 4.69) is 4.72 Å². The average molecular weight is 420 g/mol. The van der Waals surface area contributed by atoms with Crippen LogP contribution in [0.2, 0.25) is 0 Å². The van der Waals surface area contributed by atoms with Crippen molar-refractivity contribution in [2.75, 3.05) is 21.3 Å². The van der Waals surface area contributed by atoms with Crippen molar-refractivity contribution in [1.29, 1.82) is 0 Å². The Hall–Kier alpha value is -2.25. The van der Waals surface area contributed by atoms with Gasteiger partial charge in [-0.3, -0.25) is 0 Å². The van der Waals surface area contributed by atoms with Gasteiger partial charge in [-0.15, -0.1) is 0 Å². The molecule has 3 rings (SSSR count). The lowest BCUT2D eigenvalue weighted by Gasteiger charge is -2.22. The number of nitrogens with one attached hydrogen (secondary N) is 1. The molecule has 2 aromatic carbocycles. The van der Waals surface area contributed by atoms with Gasteiger partial charge in [-0.1, -0.05) is 13.0 Å². The maximum Gasteiger partial charge on any atom is 0.244 e. The summed E-state index contributed by atoms with van der Waals surface area (Å²) in [7, 11) is 0.860. The van der Waals surface area contributed by atoms with E-state index in [-0.39, 0.29) is 4.90 Å². The highest BCUT2D eigenvalue weighted by atomic mass is 32.2. The molecule has 0 bridgehead atoms. The van der Waals surface area contributed by atoms with Crippen molar-refractivity contribution in [3.63, 3.8) is 0 Å². The molecule has 0 saturated heterocycles. The summed E-state index contributed by atoms with van der Waals surface area (Å²) in [5.74, 6) is 1.56. The molecule has 0 unspecified atom stereocenters. The first-order valence-corrected chi connectivity index (χ1v) is 11.4. The van der Waals surface area contributed by atoms with Gasteiger partial charge in [-0.25, -0.2) is 13.1 Å². The van der Waals surface area contributed by atoms with E-state index < -0.39 is 16.1 Å². The molecule has 2 aromatic rings. The number of methoxy groups -OCH3 is 3. The van der Waals surface area contributed by atoms with Crippen LogP contribution in [0.25, 0.3) is 0 Å². The number of sulfonamides is 1. The van der Waals surface area contributed by atoms with E-state index in [4.69, 9.17) is 14.2 Å². The van der Waals surface area contributed by atoms with Gasteiger partial charge in [0.25, 0.3) is 0 Å². The molecular formula is C22H29NO5S. The van der Waals surface area contributed by atoms with Crippen LogP contribution in [0.15, 0.2) is 35.2 Å². The van der Waals surface area contributed by atoms with Gasteiger partial charge in [0.1, 0.15) is 10.6 Å². The van der Waals surface area contributed by atoms with Crippen LogP contribution in [0.5, 0.6) is 17.2 Å². The first-order chi connectivity index (χ1) is 13.9. The van der Waals surface area contributed by atoms with Crippen LogP contribution in [-0.4, -0.2) is 29.7 Å². The molecule has 1 aliphatic rings. The highest BCUT2D eigenvalue weighted by Crippen LogP contribution is 2.34. The summed E-state index contributed by atoms with van der Waals surface area (Å²) in [4.78, 5) is 0.194. The molecule has 1 atom stereocenters. The van der Waals surface area contributed by atoms with Crippen molar-refractivity contribution in [2.24, 2.45) is 0 Å². The highest BCUT2D eigenvalue weighted by molar-refractivity contribution is 7.89. The fourth-order valence-corrected chi connectivity index (χ4v) is 5.33. The summed E-state index contributed by atoms with van der Waals surface area (Å²) >= 11 is 0. The van der Waals surface area contributed by atoms with E-state index in [1.54, 1.807) is 32.4 Å². The summed E-state index contributed by atoms with van der Waals surface area (Å²) in [6.07, 6.45) is 4.65. The molecule has 0 aliphatic heterocycles. The van der Waals surface area contributed by atoms with E-state index in [9.17, 15) is 8.42 Å². The minimum absolute atomic E-state index is 0.194. The quantitative estimate of drug-likeness (QED) is 0.700. The Balaban J connectivity index is 1.95. The Morgan fingerprint density at radius 3 is 2.10 bits per heavy atom. The molecule has 6 nitrogen and oxygen atoms in total. The SMILES string of the molecule is CC[C@H](NS(=O)(=O)c1cc2c(cc1OC)CCCC2)c1ccc(OC)c(OC)c1. The van der Waals surface area contributed by atoms with Gasteiger partial charge in [0.05, 0.1) is 21.3 Å². The predicted octanol–water partition coefficient (Wildman–Crippen LogP) is 4.02. The van der Waals surface area contributed by atoms with Crippen molar-refractivity contribution in [2.45, 2.75) is 50.0 Å². The maximum absolute atomic E-state index is 13.3. The number of aryl methyl sites for hydroxylation is 2. The average Bonchev–Trinajstić information content (AvgIpc) is 2.75. The van der Waals surface area contributed by atoms with Gasteiger partial charge in [0, 0.05) is 6.04 Å². The van der Waals surface area contributed by atoms with E-state index in [1.165, 1.54) is 12.7 Å². The fraction of sp³-hybridized carbons (Fsp3) is 0.455. The van der Waals surface area contributed by atoms with Crippen molar-refractivity contribution in [3.8, 4) is 17.2 Å². The molecular weight excluding hydrogens is 390 g/mol. The fourth-order valence-electron chi connectivity index (χ4n) is 3.82. The van der Waals surface area contributed by atoms with E-state index >= 15 is 0 Å². The lowest BCUT2D eigenvalue weighted by atomic mass is 9.92. The molecule has 158 valence electrons. The first kappa shape index (κ1) is 21.5. The van der Waals surface area contributed by atoms with Gasteiger partial charge in [-0.2, -0.15) is 0 Å². The molecule has 0 heterocycles. The third kappa shape index (κ3) is 4.51. The Kier molecular flexibility index (Phi) is 6.70. The van der Waals surface area contributed by atoms with Gasteiger partial charge >= 0.3 is 0 Å². The summed E-state index contributed by atoms with van der Waals surface area (Å²) in [6, 6.07) is 8.68. The van der Waals surface area contributed by atoms with Gasteiger partial charge in [0.15, 0.2) is 11.5 Å². The lowest BCUT2D eigenvalue weighted by molar-refractivity contribution is 0.354. The van der Waals surface area contributed by atoms with Crippen LogP contribution in [-0.2, 0) is 22.9 Å². The van der Waals surface area contributed by atoms with Crippen molar-refractivity contribution in [1.82, 2.24) is 4.72 Å². The van der Waals surface area contributed by atoms with E-state index in [0.29, 0.717) is 23.7 Å². The van der Waals surface area contributed by atoms with Crippen LogP contribution in [0.4, 0.5) is 0 Å². The molecule has 0 aromatic heterocycles. The number of fused-ring (bicyclic) bond motifs is 1. The van der Waals surface area contributed by atoms with Gasteiger partial charge in [0.2, 0.25) is 10.0 Å². The topological polar surface area (TPSA) is 73.9 Å². The van der Waals surface area contributed by atoms with E-state index in [0.717, 1.165) is 36.8 Å². The number of ether oxygens (including phenoxy) is 3. The second kappa shape index (κ2) is 9.05. The van der Waals surface area contributed by atoms with Crippen molar-refractivity contribution in [3.05, 3.63) is 47.0 Å². The Morgan fingerprint density at radius 1 is 0.897 bits per heavy atom. The summed E-state index contributed by atoms with van der Waals surface area (Å²) in [5.41, 5.74) is 3.08. The van der Waals surface area contributed by atoms with Crippen LogP contribution < -0.4 is 18.9 Å². The minimum Gasteiger partial charge on any atom is -0.495 e. The normalized spacial score (nSPS) is 14.8. The molecule has 1 N–H and O–H groups in total.